The van der Waals surface area contributed by atoms with Gasteiger partial charge in [0, 0.05) is 0 Å². The topological polar surface area (TPSA) is 35.0 Å². The minimum absolute atomic E-state index is 0.558. The minimum atomic E-state index is 0.558. The van der Waals surface area contributed by atoms with Crippen LogP contribution in [0.15, 0.2) is 28.2 Å². The molecule has 1 aromatic carbocycles. The Bertz CT molecular complexity index is 458. The molecule has 78 valence electrons. The van der Waals surface area contributed by atoms with Gasteiger partial charge in [-0.2, -0.15) is 0 Å². The monoisotopic (exact) mass is 284 g/mol. The van der Waals surface area contributed by atoms with Crippen molar-refractivity contribution in [1.82, 2.24) is 10.2 Å². The average molecular weight is 285 g/mol. The normalized spacial score (nSPS) is 10.3. The fraction of sp³-hybridized carbons (Fsp3) is 0.200. The first kappa shape index (κ1) is 10.6. The van der Waals surface area contributed by atoms with Crippen LogP contribution in [-0.4, -0.2) is 10.2 Å². The van der Waals surface area contributed by atoms with Crippen molar-refractivity contribution in [3.05, 3.63) is 33.7 Å². The highest BCUT2D eigenvalue weighted by atomic mass is 79.9. The number of nitrogens with zero attached hydrogens (tertiary/aromatic N) is 2. The zero-order chi connectivity index (χ0) is 10.7. The molecule has 0 fully saturated rings. The fourth-order valence-electron chi connectivity index (χ4n) is 1.22. The molecular weight excluding hydrogens is 276 g/mol. The summed E-state index contributed by atoms with van der Waals surface area (Å²) in [4.78, 5) is 0. The Morgan fingerprint density at radius 1 is 1.33 bits per heavy atom. The Kier molecular flexibility index (Phi) is 3.33. The molecule has 0 aliphatic rings. The quantitative estimate of drug-likeness (QED) is 0.863. The van der Waals surface area contributed by atoms with Crippen LogP contribution in [0.25, 0.3) is 0 Å². The molecule has 3 nitrogen and oxygen atoms in total. The second-order valence-corrected chi connectivity index (χ2v) is 5.10. The Morgan fingerprint density at radius 3 is 2.80 bits per heavy atom. The molecule has 0 aliphatic carbocycles. The number of aromatic nitrogens is 2. The highest BCUT2D eigenvalue weighted by Gasteiger charge is 2.06. The van der Waals surface area contributed by atoms with E-state index in [9.17, 15) is 0 Å². The van der Waals surface area contributed by atoms with E-state index in [1.165, 1.54) is 16.9 Å². The Hall–Kier alpha value is -0.940. The molecule has 5 heteroatoms. The molecule has 15 heavy (non-hydrogen) atoms. The summed E-state index contributed by atoms with van der Waals surface area (Å²) in [6.45, 7) is 2.10. The van der Waals surface area contributed by atoms with Gasteiger partial charge >= 0.3 is 0 Å². The van der Waals surface area contributed by atoms with Gasteiger partial charge in [-0.05, 0) is 45.3 Å². The maximum absolute atomic E-state index is 5.64. The zero-order valence-electron chi connectivity index (χ0n) is 8.11. The van der Waals surface area contributed by atoms with Crippen molar-refractivity contribution in [1.29, 1.82) is 0 Å². The van der Waals surface area contributed by atoms with Crippen LogP contribution in [0, 0.1) is 0 Å². The third kappa shape index (κ3) is 2.54. The molecule has 0 saturated carbocycles. The number of hydrogen-bond acceptors (Lipinski definition) is 4. The summed E-state index contributed by atoms with van der Waals surface area (Å²) in [5, 5.41) is 8.27. The van der Waals surface area contributed by atoms with E-state index in [0.717, 1.165) is 16.1 Å². The number of halogens is 1. The van der Waals surface area contributed by atoms with Gasteiger partial charge in [-0.3, -0.25) is 0 Å². The van der Waals surface area contributed by atoms with Crippen molar-refractivity contribution in [3.8, 4) is 10.9 Å². The molecule has 0 aliphatic heterocycles. The van der Waals surface area contributed by atoms with Gasteiger partial charge in [0.25, 0.3) is 5.19 Å². The number of hydrogen-bond donors (Lipinski definition) is 0. The predicted molar refractivity (Wildman–Crippen MR) is 63.5 cm³/mol. The van der Waals surface area contributed by atoms with Crippen molar-refractivity contribution in [2.24, 2.45) is 0 Å². The molecule has 0 N–H and O–H groups in total. The number of para-hydroxylation sites is 1. The predicted octanol–water partition coefficient (Wildman–Crippen LogP) is 3.66. The third-order valence-electron chi connectivity index (χ3n) is 1.93. The lowest BCUT2D eigenvalue weighted by atomic mass is 10.1. The molecule has 0 saturated heterocycles. The van der Waals surface area contributed by atoms with Crippen LogP contribution in [0.4, 0.5) is 0 Å². The molecule has 0 unspecified atom stereocenters. The van der Waals surface area contributed by atoms with E-state index in [0.29, 0.717) is 5.19 Å². The molecule has 0 atom stereocenters. The van der Waals surface area contributed by atoms with E-state index in [-0.39, 0.29) is 0 Å². The van der Waals surface area contributed by atoms with E-state index < -0.39 is 0 Å². The molecular formula is C10H9BrN2OS. The lowest BCUT2D eigenvalue weighted by molar-refractivity contribution is 0.467. The fourth-order valence-corrected chi connectivity index (χ4v) is 2.16. The van der Waals surface area contributed by atoms with Crippen molar-refractivity contribution in [2.45, 2.75) is 13.3 Å². The smallest absolute Gasteiger partial charge is 0.300 e. The van der Waals surface area contributed by atoms with Crippen LogP contribution >= 0.6 is 27.3 Å². The molecule has 0 spiro atoms. The van der Waals surface area contributed by atoms with Gasteiger partial charge in [0.05, 0.1) is 0 Å². The van der Waals surface area contributed by atoms with Gasteiger partial charge in [-0.1, -0.05) is 30.2 Å². The van der Waals surface area contributed by atoms with Gasteiger partial charge in [0.15, 0.2) is 3.92 Å². The first-order valence-electron chi connectivity index (χ1n) is 4.54. The van der Waals surface area contributed by atoms with E-state index in [2.05, 4.69) is 33.1 Å². The van der Waals surface area contributed by atoms with Crippen molar-refractivity contribution in [3.63, 3.8) is 0 Å². The summed E-state index contributed by atoms with van der Waals surface area (Å²) >= 11 is 4.62. The number of ether oxygens (including phenoxy) is 1. The van der Waals surface area contributed by atoms with Gasteiger partial charge in [0.2, 0.25) is 0 Å². The zero-order valence-corrected chi connectivity index (χ0v) is 10.5. The van der Waals surface area contributed by atoms with E-state index in [1.54, 1.807) is 0 Å². The first-order chi connectivity index (χ1) is 7.29. The molecule has 2 rings (SSSR count). The summed E-state index contributed by atoms with van der Waals surface area (Å²) in [6, 6.07) is 7.94. The summed E-state index contributed by atoms with van der Waals surface area (Å²) in [7, 11) is 0. The van der Waals surface area contributed by atoms with Crippen molar-refractivity contribution in [2.75, 3.05) is 0 Å². The van der Waals surface area contributed by atoms with Gasteiger partial charge in [-0.25, -0.2) is 0 Å². The van der Waals surface area contributed by atoms with E-state index >= 15 is 0 Å². The van der Waals surface area contributed by atoms with Crippen LogP contribution in [-0.2, 0) is 6.42 Å². The Morgan fingerprint density at radius 2 is 2.13 bits per heavy atom. The Balaban J connectivity index is 2.23. The van der Waals surface area contributed by atoms with Crippen LogP contribution in [0.5, 0.6) is 10.9 Å². The SMILES string of the molecule is CCc1ccccc1Oc1nnc(Br)s1. The summed E-state index contributed by atoms with van der Waals surface area (Å²) < 4.78 is 6.36. The number of rotatable bonds is 3. The van der Waals surface area contributed by atoms with Gasteiger partial charge < -0.3 is 4.74 Å². The lowest BCUT2D eigenvalue weighted by Gasteiger charge is -2.05. The standard InChI is InChI=1S/C10H9BrN2OS/c1-2-7-5-3-4-6-8(7)14-10-13-12-9(11)15-10/h3-6H,2H2,1H3. The maximum atomic E-state index is 5.64. The minimum Gasteiger partial charge on any atom is -0.429 e. The highest BCUT2D eigenvalue weighted by molar-refractivity contribution is 9.11. The van der Waals surface area contributed by atoms with E-state index in [4.69, 9.17) is 4.74 Å². The first-order valence-corrected chi connectivity index (χ1v) is 6.15. The number of aryl methyl sites for hydroxylation is 1. The molecule has 0 amide bonds. The van der Waals surface area contributed by atoms with Crippen molar-refractivity contribution >= 4 is 27.3 Å². The van der Waals surface area contributed by atoms with Gasteiger partial charge in [-0.15, -0.1) is 5.10 Å². The van der Waals surface area contributed by atoms with E-state index in [1.807, 2.05) is 24.3 Å². The second kappa shape index (κ2) is 4.72. The van der Waals surface area contributed by atoms with Crippen LogP contribution in [0.2, 0.25) is 0 Å². The summed E-state index contributed by atoms with van der Waals surface area (Å²) in [5.41, 5.74) is 1.17. The molecule has 0 radical (unpaired) electrons. The van der Waals surface area contributed by atoms with Crippen molar-refractivity contribution < 1.29 is 4.74 Å². The largest absolute Gasteiger partial charge is 0.429 e. The van der Waals surface area contributed by atoms with Crippen LogP contribution in [0.1, 0.15) is 12.5 Å². The third-order valence-corrected chi connectivity index (χ3v) is 3.17. The highest BCUT2D eigenvalue weighted by Crippen LogP contribution is 2.29. The molecule has 2 aromatic rings. The van der Waals surface area contributed by atoms with Crippen LogP contribution < -0.4 is 4.74 Å². The summed E-state index contributed by atoms with van der Waals surface area (Å²) in [5.74, 6) is 0.851. The summed E-state index contributed by atoms with van der Waals surface area (Å²) in [6.07, 6.45) is 0.941. The van der Waals surface area contributed by atoms with Crippen LogP contribution in [0.3, 0.4) is 0 Å². The average Bonchev–Trinajstić information content (AvgIpc) is 2.65. The molecule has 0 bridgehead atoms. The molecule has 1 heterocycles. The second-order valence-electron chi connectivity index (χ2n) is 2.88. The maximum Gasteiger partial charge on any atom is 0.300 e. The number of benzene rings is 1. The molecule has 1 aromatic heterocycles. The van der Waals surface area contributed by atoms with Gasteiger partial charge in [0.1, 0.15) is 5.75 Å². The lowest BCUT2D eigenvalue weighted by Crippen LogP contribution is -1.89. The Labute approximate surface area is 100 Å².